The van der Waals surface area contributed by atoms with Crippen LogP contribution in [0.15, 0.2) is 206 Å². The third-order valence-electron chi connectivity index (χ3n) is 12.3. The van der Waals surface area contributed by atoms with E-state index in [0.29, 0.717) is 45.5 Å². The molecule has 0 fully saturated rings. The van der Waals surface area contributed by atoms with Crippen LogP contribution >= 0.6 is 0 Å². The second kappa shape index (κ2) is 17.6. The molecule has 11 rings (SSSR count). The van der Waals surface area contributed by atoms with Crippen molar-refractivity contribution in [3.63, 3.8) is 0 Å². The van der Waals surface area contributed by atoms with Gasteiger partial charge in [0.2, 0.25) is 0 Å². The van der Waals surface area contributed by atoms with Crippen molar-refractivity contribution in [1.82, 2.24) is 19.5 Å². The van der Waals surface area contributed by atoms with Gasteiger partial charge in [0.15, 0.2) is 28.8 Å². The van der Waals surface area contributed by atoms with E-state index in [4.69, 9.17) is 28.1 Å². The largest absolute Gasteiger partial charge is 0.308 e. The molecule has 9 aromatic carbocycles. The van der Waals surface area contributed by atoms with E-state index in [1.165, 1.54) is 0 Å². The highest BCUT2D eigenvalue weighted by molar-refractivity contribution is 6.13. The maximum atomic E-state index is 10.3. The third kappa shape index (κ3) is 7.79. The zero-order valence-electron chi connectivity index (χ0n) is 36.7. The second-order valence-corrected chi connectivity index (χ2v) is 16.5. The Morgan fingerprint density at radius 3 is 1.35 bits per heavy atom. The molecule has 2 heterocycles. The first-order valence-electron chi connectivity index (χ1n) is 22.1. The van der Waals surface area contributed by atoms with Crippen molar-refractivity contribution in [2.24, 2.45) is 0 Å². The number of aromatic nitrogens is 4. The van der Waals surface area contributed by atoms with Crippen molar-refractivity contribution in [3.8, 4) is 96.5 Å². The van der Waals surface area contributed by atoms with Crippen molar-refractivity contribution in [2.75, 3.05) is 0 Å². The number of nitriles is 2. The number of hydrogen-bond donors (Lipinski definition) is 0. The van der Waals surface area contributed by atoms with Gasteiger partial charge in [-0.25, -0.2) is 24.6 Å². The molecule has 0 spiro atoms. The van der Waals surface area contributed by atoms with Crippen LogP contribution in [0.5, 0.6) is 0 Å². The van der Waals surface area contributed by atoms with E-state index in [1.54, 1.807) is 12.1 Å². The van der Waals surface area contributed by atoms with E-state index in [9.17, 15) is 10.5 Å². The van der Waals surface area contributed by atoms with Gasteiger partial charge in [0.1, 0.15) is 0 Å². The molecule has 0 aliphatic carbocycles. The molecule has 11 aromatic rings. The topological polar surface area (TPSA) is 99.9 Å². The average molecular weight is 879 g/mol. The summed E-state index contributed by atoms with van der Waals surface area (Å²) < 4.78 is 2.29. The summed E-state index contributed by atoms with van der Waals surface area (Å²) in [6, 6.07) is 71.9. The third-order valence-corrected chi connectivity index (χ3v) is 12.3. The first kappa shape index (κ1) is 41.5. The van der Waals surface area contributed by atoms with Gasteiger partial charge in [-0.2, -0.15) is 10.5 Å². The molecule has 8 nitrogen and oxygen atoms in total. The molecule has 0 bridgehead atoms. The van der Waals surface area contributed by atoms with Crippen LogP contribution in [0.1, 0.15) is 11.1 Å². The summed E-state index contributed by atoms with van der Waals surface area (Å²) in [4.78, 5) is 22.8. The molecule has 0 atom stereocenters. The van der Waals surface area contributed by atoms with E-state index in [0.717, 1.165) is 83.1 Å². The molecule has 2 aromatic heterocycles. The molecule has 8 heteroatoms. The Morgan fingerprint density at radius 2 is 0.826 bits per heavy atom. The smallest absolute Gasteiger partial charge is 0.187 e. The van der Waals surface area contributed by atoms with Crippen molar-refractivity contribution in [1.29, 1.82) is 10.5 Å². The second-order valence-electron chi connectivity index (χ2n) is 16.5. The van der Waals surface area contributed by atoms with Gasteiger partial charge in [-0.3, -0.25) is 0 Å². The minimum absolute atomic E-state index is 0.456. The number of nitrogens with zero attached hydrogens (tertiary/aromatic N) is 8. The summed E-state index contributed by atoms with van der Waals surface area (Å²) in [6.45, 7) is 15.6. The summed E-state index contributed by atoms with van der Waals surface area (Å²) in [7, 11) is 0. The molecule has 0 radical (unpaired) electrons. The van der Waals surface area contributed by atoms with Crippen LogP contribution in [-0.4, -0.2) is 19.5 Å². The van der Waals surface area contributed by atoms with Crippen molar-refractivity contribution in [2.45, 2.75) is 0 Å². The Kier molecular flexibility index (Phi) is 10.6. The highest BCUT2D eigenvalue weighted by Gasteiger charge is 2.24. The van der Waals surface area contributed by atoms with Gasteiger partial charge in [-0.15, -0.1) is 0 Å². The standard InChI is InChI=1S/C61H34N8/c1-64-50-27-23-42(24-28-50)46-26-30-57-55(34-46)54-33-45(41-21-19-39(37-62)20-22-41)25-29-56(54)69(57)58-52(47-16-9-11-40(31-47)38-63)35-49(36-53(58)48-17-10-18-51(32-48)65-2)61-67-59(43-12-5-3-6-13-43)66-60(68-61)44-14-7-4-8-15-44/h3-36H. The SMILES string of the molecule is [C-]#[N+]c1ccc(-c2ccc3c(c2)c2cc(-c4ccc(C#N)cc4)ccc2n3-c2c(-c3cccc(C#N)c3)cc(-c3nc(-c4ccccc4)nc(-c4ccccc4)n3)cc2-c2cccc([N+]#[C-])c2)cc1. The Bertz CT molecular complexity index is 3730. The Balaban J connectivity index is 1.26. The molecule has 0 aliphatic rings. The summed E-state index contributed by atoms with van der Waals surface area (Å²) in [5.41, 5.74) is 14.4. The van der Waals surface area contributed by atoms with Gasteiger partial charge in [0.05, 0.1) is 53.1 Å². The van der Waals surface area contributed by atoms with Gasteiger partial charge < -0.3 is 4.57 Å². The molecular formula is C61H34N8. The fourth-order valence-corrected chi connectivity index (χ4v) is 8.97. The number of fused-ring (bicyclic) bond motifs is 3. The highest BCUT2D eigenvalue weighted by atomic mass is 15.0. The van der Waals surface area contributed by atoms with Gasteiger partial charge in [-0.05, 0) is 100 Å². The van der Waals surface area contributed by atoms with E-state index < -0.39 is 0 Å². The lowest BCUT2D eigenvalue weighted by Crippen LogP contribution is -2.04. The van der Waals surface area contributed by atoms with Crippen molar-refractivity contribution >= 4 is 33.2 Å². The molecule has 0 unspecified atom stereocenters. The summed E-state index contributed by atoms with van der Waals surface area (Å²) in [5.74, 6) is 1.50. The van der Waals surface area contributed by atoms with Crippen LogP contribution in [0.4, 0.5) is 11.4 Å². The molecule has 0 amide bonds. The van der Waals surface area contributed by atoms with Gasteiger partial charge >= 0.3 is 0 Å². The van der Waals surface area contributed by atoms with Gasteiger partial charge in [-0.1, -0.05) is 140 Å². The zero-order chi connectivity index (χ0) is 46.8. The van der Waals surface area contributed by atoms with Crippen LogP contribution in [-0.2, 0) is 0 Å². The number of rotatable bonds is 8. The van der Waals surface area contributed by atoms with Crippen LogP contribution in [0, 0.1) is 35.8 Å². The van der Waals surface area contributed by atoms with Crippen LogP contribution < -0.4 is 0 Å². The zero-order valence-corrected chi connectivity index (χ0v) is 36.7. The molecular weight excluding hydrogens is 845 g/mol. The normalized spacial score (nSPS) is 10.8. The lowest BCUT2D eigenvalue weighted by atomic mass is 9.91. The minimum Gasteiger partial charge on any atom is -0.308 e. The highest BCUT2D eigenvalue weighted by Crippen LogP contribution is 2.46. The Labute approximate surface area is 398 Å². The van der Waals surface area contributed by atoms with Crippen molar-refractivity contribution in [3.05, 3.63) is 240 Å². The monoisotopic (exact) mass is 878 g/mol. The predicted octanol–water partition coefficient (Wildman–Crippen LogP) is 15.5. The molecule has 69 heavy (non-hydrogen) atoms. The van der Waals surface area contributed by atoms with Crippen LogP contribution in [0.2, 0.25) is 0 Å². The fourth-order valence-electron chi connectivity index (χ4n) is 8.97. The van der Waals surface area contributed by atoms with E-state index >= 15 is 0 Å². The summed E-state index contributed by atoms with van der Waals surface area (Å²) in [5, 5.41) is 21.9. The summed E-state index contributed by atoms with van der Waals surface area (Å²) in [6.07, 6.45) is 0. The molecule has 0 aliphatic heterocycles. The van der Waals surface area contributed by atoms with Gasteiger partial charge in [0.25, 0.3) is 0 Å². The number of hydrogen-bond acceptors (Lipinski definition) is 5. The molecule has 318 valence electrons. The maximum absolute atomic E-state index is 10.3. The quantitative estimate of drug-likeness (QED) is 0.142. The Hall–Kier alpha value is -10.3. The van der Waals surface area contributed by atoms with E-state index in [1.807, 2.05) is 146 Å². The van der Waals surface area contributed by atoms with Gasteiger partial charge in [0, 0.05) is 38.6 Å². The summed E-state index contributed by atoms with van der Waals surface area (Å²) >= 11 is 0. The predicted molar refractivity (Wildman–Crippen MR) is 274 cm³/mol. The minimum atomic E-state index is 0.456. The lowest BCUT2D eigenvalue weighted by Gasteiger charge is -2.21. The molecule has 0 N–H and O–H groups in total. The first-order chi connectivity index (χ1) is 34.0. The van der Waals surface area contributed by atoms with E-state index in [-0.39, 0.29) is 0 Å². The first-order valence-corrected chi connectivity index (χ1v) is 22.1. The van der Waals surface area contributed by atoms with E-state index in [2.05, 4.69) is 74.9 Å². The van der Waals surface area contributed by atoms with Crippen LogP contribution in [0.25, 0.3) is 116 Å². The van der Waals surface area contributed by atoms with Crippen molar-refractivity contribution < 1.29 is 0 Å². The molecule has 0 saturated heterocycles. The maximum Gasteiger partial charge on any atom is 0.187 e. The Morgan fingerprint density at radius 1 is 0.362 bits per heavy atom. The fraction of sp³-hybridized carbons (Fsp3) is 0. The number of benzene rings is 9. The average Bonchev–Trinajstić information content (AvgIpc) is 3.75. The lowest BCUT2D eigenvalue weighted by molar-refractivity contribution is 1.07. The van der Waals surface area contributed by atoms with Crippen LogP contribution in [0.3, 0.4) is 0 Å². The molecule has 0 saturated carbocycles.